The van der Waals surface area contributed by atoms with E-state index in [0.29, 0.717) is 11.3 Å². The molecule has 0 spiro atoms. The second-order valence-electron chi connectivity index (χ2n) is 6.23. The summed E-state index contributed by atoms with van der Waals surface area (Å²) in [7, 11) is 1.56. The van der Waals surface area contributed by atoms with Crippen molar-refractivity contribution in [3.05, 3.63) is 65.7 Å². The molecule has 1 amide bonds. The Morgan fingerprint density at radius 3 is 1.89 bits per heavy atom. The van der Waals surface area contributed by atoms with Crippen LogP contribution in [0.2, 0.25) is 0 Å². The van der Waals surface area contributed by atoms with Crippen LogP contribution in [0.1, 0.15) is 36.7 Å². The number of amides is 1. The topological polar surface area (TPSA) is 87.1 Å². The van der Waals surface area contributed by atoms with Crippen LogP contribution in [0.3, 0.4) is 0 Å². The summed E-state index contributed by atoms with van der Waals surface area (Å²) in [5, 5.41) is 1.22. The number of carbonyl (C=O) groups excluding carboxylic acids is 1. The number of methoxy groups -OCH3 is 1. The number of hydrazine groups is 1. The summed E-state index contributed by atoms with van der Waals surface area (Å²) in [6.07, 6.45) is 0. The van der Waals surface area contributed by atoms with Gasteiger partial charge in [0, 0.05) is 5.56 Å². The first-order valence-corrected chi connectivity index (χ1v) is 7.50. The summed E-state index contributed by atoms with van der Waals surface area (Å²) in [5.41, 5.74) is 1.44. The molecular weight excluding hydrogens is 398 g/mol. The zero-order valence-electron chi connectivity index (χ0n) is 15.9. The molecule has 0 aromatic heterocycles. The van der Waals surface area contributed by atoms with Gasteiger partial charge in [0.2, 0.25) is 0 Å². The molecule has 0 bridgehead atoms. The van der Waals surface area contributed by atoms with Crippen LogP contribution in [0.15, 0.2) is 54.6 Å². The molecular formula is C19H31Cl2N2NaO3. The van der Waals surface area contributed by atoms with Crippen LogP contribution >= 0.6 is 24.8 Å². The number of carbonyl (C=O) groups is 1. The number of nitrogens with zero attached hydrogens (tertiary/aromatic N) is 1. The molecule has 0 radical (unpaired) electrons. The van der Waals surface area contributed by atoms with E-state index in [-0.39, 0.29) is 65.8 Å². The fourth-order valence-corrected chi connectivity index (χ4v) is 1.73. The molecule has 0 aliphatic carbocycles. The normalized spacial score (nSPS) is 8.81. The second-order valence-corrected chi connectivity index (χ2v) is 6.23. The van der Waals surface area contributed by atoms with Crippen molar-refractivity contribution < 1.29 is 15.0 Å². The molecule has 0 aliphatic rings. The molecule has 27 heavy (non-hydrogen) atoms. The molecule has 8 heteroatoms. The van der Waals surface area contributed by atoms with E-state index < -0.39 is 5.54 Å². The van der Waals surface area contributed by atoms with E-state index in [1.54, 1.807) is 31.4 Å². The predicted octanol–water partition coefficient (Wildman–Crippen LogP) is 3.18. The Balaban J connectivity index is -0.000000208. The van der Waals surface area contributed by atoms with Crippen LogP contribution in [0.25, 0.3) is 0 Å². The van der Waals surface area contributed by atoms with Gasteiger partial charge in [0.15, 0.2) is 0 Å². The van der Waals surface area contributed by atoms with Crippen LogP contribution < -0.4 is 10.6 Å². The van der Waals surface area contributed by atoms with Gasteiger partial charge in [-0.15, -0.1) is 24.8 Å². The van der Waals surface area contributed by atoms with Gasteiger partial charge < -0.3 is 10.2 Å². The van der Waals surface area contributed by atoms with Gasteiger partial charge in [-0.2, -0.15) is 0 Å². The molecule has 0 heterocycles. The average molecular weight is 429 g/mol. The molecule has 0 atom stereocenters. The Morgan fingerprint density at radius 1 is 1.00 bits per heavy atom. The Morgan fingerprint density at radius 2 is 1.52 bits per heavy atom. The summed E-state index contributed by atoms with van der Waals surface area (Å²) in [6.45, 7) is 7.72. The number of aryl methyl sites for hydroxylation is 1. The molecule has 4 N–H and O–H groups in total. The molecule has 2 aromatic rings. The third kappa shape index (κ3) is 12.3. The predicted molar refractivity (Wildman–Crippen MR) is 120 cm³/mol. The van der Waals surface area contributed by atoms with E-state index in [1.165, 1.54) is 10.6 Å². The fourth-order valence-electron chi connectivity index (χ4n) is 1.73. The van der Waals surface area contributed by atoms with Crippen LogP contribution in [0, 0.1) is 6.92 Å². The Labute approximate surface area is 197 Å². The zero-order chi connectivity index (χ0) is 17.5. The van der Waals surface area contributed by atoms with E-state index in [1.807, 2.05) is 39.0 Å². The summed E-state index contributed by atoms with van der Waals surface area (Å²) in [4.78, 5) is 12.0. The van der Waals surface area contributed by atoms with Gasteiger partial charge in [0.05, 0.1) is 12.6 Å². The van der Waals surface area contributed by atoms with E-state index in [0.717, 1.165) is 0 Å². The van der Waals surface area contributed by atoms with Crippen molar-refractivity contribution in [2.24, 2.45) is 5.84 Å². The van der Waals surface area contributed by atoms with E-state index >= 15 is 0 Å². The molecule has 150 valence electrons. The van der Waals surface area contributed by atoms with Gasteiger partial charge in [0.1, 0.15) is 5.75 Å². The zero-order valence-corrected chi connectivity index (χ0v) is 17.5. The molecule has 0 saturated carbocycles. The first-order chi connectivity index (χ1) is 10.8. The van der Waals surface area contributed by atoms with E-state index in [2.05, 4.69) is 19.1 Å². The number of hydrogen-bond acceptors (Lipinski definition) is 3. The van der Waals surface area contributed by atoms with Gasteiger partial charge >= 0.3 is 29.6 Å². The summed E-state index contributed by atoms with van der Waals surface area (Å²) in [6, 6.07) is 17.2. The van der Waals surface area contributed by atoms with Crippen molar-refractivity contribution in [3.63, 3.8) is 0 Å². The minimum absolute atomic E-state index is 0. The van der Waals surface area contributed by atoms with Crippen LogP contribution in [-0.4, -0.2) is 58.6 Å². The van der Waals surface area contributed by atoms with Crippen molar-refractivity contribution in [1.82, 2.24) is 5.01 Å². The van der Waals surface area contributed by atoms with Crippen molar-refractivity contribution >= 4 is 60.3 Å². The maximum absolute atomic E-state index is 12.0. The molecule has 0 unspecified atom stereocenters. The molecule has 0 saturated heterocycles. The van der Waals surface area contributed by atoms with Gasteiger partial charge in [-0.3, -0.25) is 9.80 Å². The maximum atomic E-state index is 12.0. The van der Waals surface area contributed by atoms with Gasteiger partial charge in [0.25, 0.3) is 5.91 Å². The summed E-state index contributed by atoms with van der Waals surface area (Å²) >= 11 is 0. The van der Waals surface area contributed by atoms with Crippen molar-refractivity contribution in [3.8, 4) is 5.75 Å². The number of benzene rings is 2. The SMILES string of the molecule is COc1cccc(C(=O)N(N)C(C)(C)C)c1.Cc1ccccc1.Cl.Cl.O.[NaH]. The van der Waals surface area contributed by atoms with E-state index in [4.69, 9.17) is 10.6 Å². The monoisotopic (exact) mass is 428 g/mol. The number of nitrogens with two attached hydrogens (primary N) is 1. The minimum atomic E-state index is -0.403. The summed E-state index contributed by atoms with van der Waals surface area (Å²) in [5.74, 6) is 6.19. The standard InChI is InChI=1S/C12H18N2O2.C7H8.2ClH.Na.H2O.H/c1-12(2,3)14(13)11(15)9-6-5-7-10(8-9)16-4;1-7-5-3-2-4-6-7;;;;;/h5-8H,13H2,1-4H3;2-6H,1H3;2*1H;;1H2;. The average Bonchev–Trinajstić information content (AvgIpc) is 2.54. The van der Waals surface area contributed by atoms with Crippen LogP contribution in [0.4, 0.5) is 0 Å². The quantitative estimate of drug-likeness (QED) is 0.344. The number of ether oxygens (including phenoxy) is 1. The van der Waals surface area contributed by atoms with Crippen LogP contribution in [0.5, 0.6) is 5.75 Å². The number of hydrogen-bond donors (Lipinski definition) is 1. The molecule has 0 fully saturated rings. The molecule has 5 nitrogen and oxygen atoms in total. The van der Waals surface area contributed by atoms with Crippen molar-refractivity contribution in [2.75, 3.05) is 7.11 Å². The Bertz CT molecular complexity index is 638. The molecule has 0 aliphatic heterocycles. The number of halogens is 2. The third-order valence-corrected chi connectivity index (χ3v) is 3.20. The second kappa shape index (κ2) is 16.2. The van der Waals surface area contributed by atoms with Gasteiger partial charge in [-0.1, -0.05) is 42.0 Å². The van der Waals surface area contributed by atoms with Gasteiger partial charge in [-0.05, 0) is 45.9 Å². The molecule has 2 aromatic carbocycles. The van der Waals surface area contributed by atoms with Gasteiger partial charge in [-0.25, -0.2) is 5.84 Å². The number of rotatable bonds is 2. The van der Waals surface area contributed by atoms with Crippen molar-refractivity contribution in [1.29, 1.82) is 0 Å². The first kappa shape index (κ1) is 33.8. The van der Waals surface area contributed by atoms with E-state index in [9.17, 15) is 4.79 Å². The first-order valence-electron chi connectivity index (χ1n) is 7.50. The van der Waals surface area contributed by atoms with Crippen LogP contribution in [-0.2, 0) is 0 Å². The fraction of sp³-hybridized carbons (Fsp3) is 0.316. The summed E-state index contributed by atoms with van der Waals surface area (Å²) < 4.78 is 5.06. The molecule has 2 rings (SSSR count). The third-order valence-electron chi connectivity index (χ3n) is 3.20. The van der Waals surface area contributed by atoms with Crippen molar-refractivity contribution in [2.45, 2.75) is 33.2 Å². The Hall–Kier alpha value is -0.790. The Kier molecular flexibility index (Phi) is 20.2.